The Morgan fingerprint density at radius 3 is 2.73 bits per heavy atom. The molecule has 0 amide bonds. The minimum Gasteiger partial charge on any atom is -0.497 e. The summed E-state index contributed by atoms with van der Waals surface area (Å²) in [6.07, 6.45) is 3.59. The minimum atomic E-state index is 0.219. The maximum Gasteiger partial charge on any atom is 0.168 e. The Morgan fingerprint density at radius 1 is 1.04 bits per heavy atom. The van der Waals surface area contributed by atoms with Crippen molar-refractivity contribution in [1.29, 1.82) is 0 Å². The van der Waals surface area contributed by atoms with E-state index in [4.69, 9.17) is 15.2 Å². The molecule has 0 saturated carbocycles. The van der Waals surface area contributed by atoms with Crippen LogP contribution < -0.4 is 15.2 Å². The molecule has 2 aromatic heterocycles. The quantitative estimate of drug-likeness (QED) is 0.575. The highest BCUT2D eigenvalue weighted by molar-refractivity contribution is 5.91. The van der Waals surface area contributed by atoms with Crippen molar-refractivity contribution < 1.29 is 9.47 Å². The summed E-state index contributed by atoms with van der Waals surface area (Å²) in [5, 5.41) is 7.57. The molecule has 0 radical (unpaired) electrons. The summed E-state index contributed by atoms with van der Waals surface area (Å²) in [6.45, 7) is 0.219. The summed E-state index contributed by atoms with van der Waals surface area (Å²) in [5.74, 6) is 2.36. The largest absolute Gasteiger partial charge is 0.497 e. The number of benzene rings is 2. The summed E-state index contributed by atoms with van der Waals surface area (Å²) in [5.41, 5.74) is 8.90. The Bertz CT molecular complexity index is 1050. The molecule has 0 aliphatic rings. The molecule has 7 heteroatoms. The van der Waals surface area contributed by atoms with Gasteiger partial charge >= 0.3 is 0 Å². The lowest BCUT2D eigenvalue weighted by Crippen LogP contribution is -2.05. The Kier molecular flexibility index (Phi) is 4.10. The molecule has 26 heavy (non-hydrogen) atoms. The molecule has 130 valence electrons. The number of hydrogen-bond acceptors (Lipinski definition) is 6. The van der Waals surface area contributed by atoms with Gasteiger partial charge in [-0.15, -0.1) is 0 Å². The zero-order valence-electron chi connectivity index (χ0n) is 14.1. The van der Waals surface area contributed by atoms with Gasteiger partial charge in [-0.2, -0.15) is 5.10 Å². The lowest BCUT2D eigenvalue weighted by molar-refractivity contribution is 0.294. The normalized spacial score (nSPS) is 10.8. The van der Waals surface area contributed by atoms with E-state index >= 15 is 0 Å². The number of nitrogen functional groups attached to an aromatic ring is 1. The fraction of sp³-hybridized carbons (Fsp3) is 0.105. The molecule has 2 heterocycles. The molecule has 2 aromatic carbocycles. The first-order valence-electron chi connectivity index (χ1n) is 8.05. The van der Waals surface area contributed by atoms with Gasteiger partial charge in [0, 0.05) is 23.2 Å². The molecule has 7 nitrogen and oxygen atoms in total. The molecular weight excluding hydrogens is 330 g/mol. The lowest BCUT2D eigenvalue weighted by atomic mass is 10.1. The second-order valence-electron chi connectivity index (χ2n) is 5.71. The number of aromatic nitrogens is 4. The highest BCUT2D eigenvalue weighted by atomic mass is 16.5. The van der Waals surface area contributed by atoms with Crippen LogP contribution in [0.5, 0.6) is 11.5 Å². The van der Waals surface area contributed by atoms with E-state index in [0.717, 1.165) is 27.8 Å². The van der Waals surface area contributed by atoms with E-state index in [0.29, 0.717) is 17.4 Å². The van der Waals surface area contributed by atoms with Crippen LogP contribution in [0.4, 0.5) is 5.82 Å². The summed E-state index contributed by atoms with van der Waals surface area (Å²) in [4.78, 5) is 8.91. The predicted molar refractivity (Wildman–Crippen MR) is 98.9 cm³/mol. The van der Waals surface area contributed by atoms with Gasteiger partial charge in [-0.3, -0.25) is 5.10 Å². The third-order valence-electron chi connectivity index (χ3n) is 4.01. The van der Waals surface area contributed by atoms with E-state index in [1.54, 1.807) is 13.3 Å². The van der Waals surface area contributed by atoms with Crippen molar-refractivity contribution in [2.24, 2.45) is 0 Å². The highest BCUT2D eigenvalue weighted by Gasteiger charge is 2.09. The van der Waals surface area contributed by atoms with Crippen LogP contribution in [0.2, 0.25) is 0 Å². The number of nitrogens with two attached hydrogens (primary N) is 1. The van der Waals surface area contributed by atoms with Crippen molar-refractivity contribution in [3.05, 3.63) is 60.7 Å². The number of methoxy groups -OCH3 is 1. The lowest BCUT2D eigenvalue weighted by Gasteiger charge is -2.09. The zero-order chi connectivity index (χ0) is 17.9. The third-order valence-corrected chi connectivity index (χ3v) is 4.01. The Morgan fingerprint density at radius 2 is 1.92 bits per heavy atom. The van der Waals surface area contributed by atoms with Crippen LogP contribution in [0.25, 0.3) is 22.0 Å². The smallest absolute Gasteiger partial charge is 0.168 e. The number of H-pyrrole nitrogens is 1. The maximum absolute atomic E-state index is 6.14. The van der Waals surface area contributed by atoms with E-state index in [-0.39, 0.29) is 6.61 Å². The molecule has 0 bridgehead atoms. The summed E-state index contributed by atoms with van der Waals surface area (Å²) < 4.78 is 10.9. The highest BCUT2D eigenvalue weighted by Crippen LogP contribution is 2.26. The average molecular weight is 347 g/mol. The topological polar surface area (TPSA) is 98.9 Å². The number of nitrogens with zero attached hydrogens (tertiary/aromatic N) is 3. The second-order valence-corrected chi connectivity index (χ2v) is 5.71. The van der Waals surface area contributed by atoms with E-state index in [9.17, 15) is 0 Å². The van der Waals surface area contributed by atoms with Gasteiger partial charge in [0.2, 0.25) is 0 Å². The fourth-order valence-corrected chi connectivity index (χ4v) is 2.69. The second kappa shape index (κ2) is 6.72. The first kappa shape index (κ1) is 15.9. The number of ether oxygens (including phenoxy) is 2. The summed E-state index contributed by atoms with van der Waals surface area (Å²) in [7, 11) is 1.62. The maximum atomic E-state index is 6.14. The van der Waals surface area contributed by atoms with Gasteiger partial charge in [0.15, 0.2) is 5.82 Å². The first-order valence-corrected chi connectivity index (χ1v) is 8.05. The van der Waals surface area contributed by atoms with Gasteiger partial charge in [-0.25, -0.2) is 9.97 Å². The molecule has 0 saturated heterocycles. The Hall–Kier alpha value is -3.61. The minimum absolute atomic E-state index is 0.219. The van der Waals surface area contributed by atoms with Gasteiger partial charge in [0.1, 0.15) is 23.9 Å². The van der Waals surface area contributed by atoms with Crippen LogP contribution in [-0.4, -0.2) is 27.3 Å². The fourth-order valence-electron chi connectivity index (χ4n) is 2.69. The van der Waals surface area contributed by atoms with Crippen LogP contribution in [0, 0.1) is 0 Å². The van der Waals surface area contributed by atoms with Crippen molar-refractivity contribution in [3.8, 4) is 22.6 Å². The SMILES string of the molecule is COc1cccc(OCc2nc(N)c3cc(-c4cn[nH]c4)ccc3n2)c1. The number of rotatable bonds is 5. The first-order chi connectivity index (χ1) is 12.7. The molecule has 0 aliphatic heterocycles. The molecule has 0 aliphatic carbocycles. The van der Waals surface area contributed by atoms with E-state index in [1.165, 1.54) is 0 Å². The van der Waals surface area contributed by atoms with Gasteiger partial charge in [0.25, 0.3) is 0 Å². The van der Waals surface area contributed by atoms with Crippen LogP contribution in [0.1, 0.15) is 5.82 Å². The van der Waals surface area contributed by atoms with Gasteiger partial charge < -0.3 is 15.2 Å². The third kappa shape index (κ3) is 3.14. The number of aromatic amines is 1. The molecule has 4 rings (SSSR count). The molecule has 0 fully saturated rings. The van der Waals surface area contributed by atoms with Gasteiger partial charge in [-0.1, -0.05) is 12.1 Å². The standard InChI is InChI=1S/C19H17N5O2/c1-25-14-3-2-4-15(8-14)26-11-18-23-17-6-5-12(13-9-21-22-10-13)7-16(17)19(20)24-18/h2-10H,11H2,1H3,(H,21,22)(H2,20,23,24). The Labute approximate surface area is 149 Å². The van der Waals surface area contributed by atoms with Gasteiger partial charge in [0.05, 0.1) is 18.8 Å². The number of nitrogens with one attached hydrogen (secondary N) is 1. The predicted octanol–water partition coefficient (Wildman–Crippen LogP) is 3.19. The van der Waals surface area contributed by atoms with Crippen LogP contribution in [-0.2, 0) is 6.61 Å². The van der Waals surface area contributed by atoms with E-state index in [2.05, 4.69) is 20.2 Å². The number of hydrogen-bond donors (Lipinski definition) is 2. The molecule has 3 N–H and O–H groups in total. The average Bonchev–Trinajstić information content (AvgIpc) is 3.21. The van der Waals surface area contributed by atoms with Crippen LogP contribution in [0.3, 0.4) is 0 Å². The van der Waals surface area contributed by atoms with Gasteiger partial charge in [-0.05, 0) is 29.8 Å². The zero-order valence-corrected chi connectivity index (χ0v) is 14.1. The van der Waals surface area contributed by atoms with E-state index in [1.807, 2.05) is 48.7 Å². The van der Waals surface area contributed by atoms with Crippen molar-refractivity contribution in [2.75, 3.05) is 12.8 Å². The molecular formula is C19H17N5O2. The molecule has 0 spiro atoms. The van der Waals surface area contributed by atoms with Crippen molar-refractivity contribution >= 4 is 16.7 Å². The van der Waals surface area contributed by atoms with Crippen LogP contribution in [0.15, 0.2) is 54.9 Å². The summed E-state index contributed by atoms with van der Waals surface area (Å²) in [6, 6.07) is 13.2. The van der Waals surface area contributed by atoms with Crippen molar-refractivity contribution in [2.45, 2.75) is 6.61 Å². The summed E-state index contributed by atoms with van der Waals surface area (Å²) >= 11 is 0. The number of fused-ring (bicyclic) bond motifs is 1. The monoisotopic (exact) mass is 347 g/mol. The van der Waals surface area contributed by atoms with Crippen molar-refractivity contribution in [1.82, 2.24) is 20.2 Å². The van der Waals surface area contributed by atoms with Crippen LogP contribution >= 0.6 is 0 Å². The van der Waals surface area contributed by atoms with Crippen molar-refractivity contribution in [3.63, 3.8) is 0 Å². The Balaban J connectivity index is 1.59. The molecule has 4 aromatic rings. The number of anilines is 1. The van der Waals surface area contributed by atoms with E-state index < -0.39 is 0 Å². The molecule has 0 atom stereocenters. The molecule has 0 unspecified atom stereocenters.